The third-order valence-electron chi connectivity index (χ3n) is 3.06. The summed E-state index contributed by atoms with van der Waals surface area (Å²) in [4.78, 5) is 12.0. The summed E-state index contributed by atoms with van der Waals surface area (Å²) in [5.41, 5.74) is 3.01. The van der Waals surface area contributed by atoms with Gasteiger partial charge in [0.2, 0.25) is 0 Å². The van der Waals surface area contributed by atoms with E-state index in [4.69, 9.17) is 0 Å². The van der Waals surface area contributed by atoms with Crippen LogP contribution in [0.25, 0.3) is 0 Å². The molecule has 3 heteroatoms. The molecule has 0 aliphatic rings. The molecule has 0 aromatic heterocycles. The van der Waals surface area contributed by atoms with Gasteiger partial charge in [0.15, 0.2) is 0 Å². The number of amides is 1. The van der Waals surface area contributed by atoms with Gasteiger partial charge in [-0.2, -0.15) is 0 Å². The average Bonchev–Trinajstić information content (AvgIpc) is 2.30. The third kappa shape index (κ3) is 4.15. The quantitative estimate of drug-likeness (QED) is 0.829. The standard InChI is InChI=1S/C14H20BrNO/c1-10(7-8-15)9-16-14(17)13-6-4-5-11(2)12(13)3/h4-6,10H,7-9H2,1-3H3,(H,16,17). The first-order valence-electron chi connectivity index (χ1n) is 5.96. The van der Waals surface area contributed by atoms with Crippen LogP contribution in [0.4, 0.5) is 0 Å². The first kappa shape index (κ1) is 14.2. The Bertz CT molecular complexity index is 390. The van der Waals surface area contributed by atoms with Gasteiger partial charge >= 0.3 is 0 Å². The van der Waals surface area contributed by atoms with Gasteiger partial charge in [-0.25, -0.2) is 0 Å². The van der Waals surface area contributed by atoms with Crippen LogP contribution < -0.4 is 5.32 Å². The van der Waals surface area contributed by atoms with Crippen molar-refractivity contribution in [2.75, 3.05) is 11.9 Å². The Labute approximate surface area is 112 Å². The number of carbonyl (C=O) groups is 1. The highest BCUT2D eigenvalue weighted by atomic mass is 79.9. The van der Waals surface area contributed by atoms with Gasteiger partial charge in [-0.1, -0.05) is 35.0 Å². The van der Waals surface area contributed by atoms with Crippen molar-refractivity contribution in [3.05, 3.63) is 34.9 Å². The van der Waals surface area contributed by atoms with Crippen molar-refractivity contribution in [3.63, 3.8) is 0 Å². The van der Waals surface area contributed by atoms with Gasteiger partial charge in [-0.15, -0.1) is 0 Å². The van der Waals surface area contributed by atoms with E-state index >= 15 is 0 Å². The fraction of sp³-hybridized carbons (Fsp3) is 0.500. The molecule has 0 aliphatic heterocycles. The minimum Gasteiger partial charge on any atom is -0.352 e. The zero-order chi connectivity index (χ0) is 12.8. The van der Waals surface area contributed by atoms with Crippen LogP contribution in [0.2, 0.25) is 0 Å². The fourth-order valence-corrected chi connectivity index (χ4v) is 2.43. The van der Waals surface area contributed by atoms with Crippen LogP contribution in [0.5, 0.6) is 0 Å². The van der Waals surface area contributed by atoms with Gasteiger partial charge in [-0.05, 0) is 43.4 Å². The Morgan fingerprint density at radius 2 is 2.12 bits per heavy atom. The van der Waals surface area contributed by atoms with Crippen molar-refractivity contribution in [3.8, 4) is 0 Å². The largest absolute Gasteiger partial charge is 0.352 e. The van der Waals surface area contributed by atoms with Crippen molar-refractivity contribution in [1.29, 1.82) is 0 Å². The molecule has 94 valence electrons. The summed E-state index contributed by atoms with van der Waals surface area (Å²) < 4.78 is 0. The van der Waals surface area contributed by atoms with Gasteiger partial charge in [-0.3, -0.25) is 4.79 Å². The number of carbonyl (C=O) groups excluding carboxylic acids is 1. The summed E-state index contributed by atoms with van der Waals surface area (Å²) >= 11 is 3.41. The maximum atomic E-state index is 12.0. The monoisotopic (exact) mass is 297 g/mol. The molecule has 0 heterocycles. The summed E-state index contributed by atoms with van der Waals surface area (Å²) in [6.45, 7) is 6.90. The molecule has 0 aliphatic carbocycles. The van der Waals surface area contributed by atoms with Gasteiger partial charge in [0, 0.05) is 17.4 Å². The molecule has 1 N–H and O–H groups in total. The molecule has 1 atom stereocenters. The van der Waals surface area contributed by atoms with E-state index in [0.29, 0.717) is 5.92 Å². The average molecular weight is 298 g/mol. The molecule has 17 heavy (non-hydrogen) atoms. The lowest BCUT2D eigenvalue weighted by molar-refractivity contribution is 0.0947. The van der Waals surface area contributed by atoms with Crippen LogP contribution in [0, 0.1) is 19.8 Å². The predicted molar refractivity (Wildman–Crippen MR) is 75.8 cm³/mol. The van der Waals surface area contributed by atoms with Gasteiger partial charge in [0.05, 0.1) is 0 Å². The van der Waals surface area contributed by atoms with Gasteiger partial charge in [0.1, 0.15) is 0 Å². The highest BCUT2D eigenvalue weighted by molar-refractivity contribution is 9.09. The minimum atomic E-state index is 0.0348. The van der Waals surface area contributed by atoms with Crippen LogP contribution in [0.1, 0.15) is 34.8 Å². The van der Waals surface area contributed by atoms with Gasteiger partial charge in [0.25, 0.3) is 5.91 Å². The number of hydrogen-bond donors (Lipinski definition) is 1. The zero-order valence-electron chi connectivity index (χ0n) is 10.7. The number of alkyl halides is 1. The second kappa shape index (κ2) is 6.80. The topological polar surface area (TPSA) is 29.1 Å². The van der Waals surface area contributed by atoms with E-state index in [9.17, 15) is 4.79 Å². The van der Waals surface area contributed by atoms with E-state index in [1.165, 1.54) is 0 Å². The maximum Gasteiger partial charge on any atom is 0.251 e. The van der Waals surface area contributed by atoms with Crippen LogP contribution in [-0.2, 0) is 0 Å². The predicted octanol–water partition coefficient (Wildman–Crippen LogP) is 3.45. The molecule has 0 fully saturated rings. The van der Waals surface area contributed by atoms with Crippen LogP contribution >= 0.6 is 15.9 Å². The zero-order valence-corrected chi connectivity index (χ0v) is 12.3. The molecular formula is C14H20BrNO. The Morgan fingerprint density at radius 1 is 1.41 bits per heavy atom. The number of aryl methyl sites for hydroxylation is 1. The number of benzene rings is 1. The Morgan fingerprint density at radius 3 is 2.76 bits per heavy atom. The highest BCUT2D eigenvalue weighted by Crippen LogP contribution is 2.12. The number of hydrogen-bond acceptors (Lipinski definition) is 1. The molecule has 1 rings (SSSR count). The second-order valence-corrected chi connectivity index (χ2v) is 5.33. The Hall–Kier alpha value is -0.830. The van der Waals surface area contributed by atoms with Crippen molar-refractivity contribution < 1.29 is 4.79 Å². The first-order valence-corrected chi connectivity index (χ1v) is 7.08. The second-order valence-electron chi connectivity index (χ2n) is 4.54. The molecular weight excluding hydrogens is 278 g/mol. The van der Waals surface area contributed by atoms with Crippen molar-refractivity contribution in [2.45, 2.75) is 27.2 Å². The van der Waals surface area contributed by atoms with Crippen LogP contribution in [0.15, 0.2) is 18.2 Å². The highest BCUT2D eigenvalue weighted by Gasteiger charge is 2.10. The lowest BCUT2D eigenvalue weighted by atomic mass is 10.0. The molecule has 0 saturated heterocycles. The molecule has 1 aromatic carbocycles. The lowest BCUT2D eigenvalue weighted by Crippen LogP contribution is -2.29. The Kier molecular flexibility index (Phi) is 5.69. The molecule has 2 nitrogen and oxygen atoms in total. The van der Waals surface area contributed by atoms with Crippen molar-refractivity contribution in [2.24, 2.45) is 5.92 Å². The third-order valence-corrected chi connectivity index (χ3v) is 3.52. The van der Waals surface area contributed by atoms with Crippen LogP contribution in [0.3, 0.4) is 0 Å². The molecule has 0 radical (unpaired) electrons. The summed E-state index contributed by atoms with van der Waals surface area (Å²) in [5.74, 6) is 0.538. The molecule has 1 aromatic rings. The summed E-state index contributed by atoms with van der Waals surface area (Å²) in [6, 6.07) is 5.84. The molecule has 1 unspecified atom stereocenters. The first-order chi connectivity index (χ1) is 8.06. The van der Waals surface area contributed by atoms with Crippen molar-refractivity contribution in [1.82, 2.24) is 5.32 Å². The summed E-state index contributed by atoms with van der Waals surface area (Å²) in [7, 11) is 0. The van der Waals surface area contributed by atoms with E-state index in [-0.39, 0.29) is 5.91 Å². The van der Waals surface area contributed by atoms with E-state index in [1.807, 2.05) is 32.0 Å². The number of halogens is 1. The Balaban J connectivity index is 2.61. The smallest absolute Gasteiger partial charge is 0.251 e. The number of nitrogens with one attached hydrogen (secondary N) is 1. The van der Waals surface area contributed by atoms with Gasteiger partial charge < -0.3 is 5.32 Å². The fourth-order valence-electron chi connectivity index (χ4n) is 1.65. The SMILES string of the molecule is Cc1cccc(C(=O)NCC(C)CCBr)c1C. The number of rotatable bonds is 5. The van der Waals surface area contributed by atoms with E-state index in [1.54, 1.807) is 0 Å². The van der Waals surface area contributed by atoms with E-state index in [0.717, 1.165) is 35.0 Å². The maximum absolute atomic E-state index is 12.0. The van der Waals surface area contributed by atoms with Crippen LogP contribution in [-0.4, -0.2) is 17.8 Å². The summed E-state index contributed by atoms with van der Waals surface area (Å²) in [6.07, 6.45) is 1.08. The minimum absolute atomic E-state index is 0.0348. The van der Waals surface area contributed by atoms with E-state index < -0.39 is 0 Å². The normalized spacial score (nSPS) is 12.2. The summed E-state index contributed by atoms with van der Waals surface area (Å²) in [5, 5.41) is 3.97. The molecule has 0 bridgehead atoms. The van der Waals surface area contributed by atoms with E-state index in [2.05, 4.69) is 28.2 Å². The molecule has 0 spiro atoms. The molecule has 0 saturated carbocycles. The molecule has 1 amide bonds. The lowest BCUT2D eigenvalue weighted by Gasteiger charge is -2.13. The van der Waals surface area contributed by atoms with Crippen molar-refractivity contribution >= 4 is 21.8 Å².